The highest BCUT2D eigenvalue weighted by Crippen LogP contribution is 2.24. The van der Waals surface area contributed by atoms with Gasteiger partial charge in [0.05, 0.1) is 11.8 Å². The van der Waals surface area contributed by atoms with Crippen molar-refractivity contribution in [3.05, 3.63) is 34.9 Å². The van der Waals surface area contributed by atoms with Gasteiger partial charge < -0.3 is 14.9 Å². The van der Waals surface area contributed by atoms with Crippen molar-refractivity contribution in [3.63, 3.8) is 0 Å². The number of carbonyl (C=O) groups is 3. The highest BCUT2D eigenvalue weighted by atomic mass is 16.4. The van der Waals surface area contributed by atoms with Crippen LogP contribution < -0.4 is 0 Å². The van der Waals surface area contributed by atoms with Crippen molar-refractivity contribution in [3.8, 4) is 0 Å². The summed E-state index contributed by atoms with van der Waals surface area (Å²) in [7, 11) is 0. The zero-order valence-corrected chi connectivity index (χ0v) is 16.1. The van der Waals surface area contributed by atoms with Crippen molar-refractivity contribution in [1.82, 2.24) is 9.80 Å². The maximum absolute atomic E-state index is 12.9. The molecule has 0 aromatic heterocycles. The van der Waals surface area contributed by atoms with Crippen LogP contribution >= 0.6 is 0 Å². The maximum Gasteiger partial charge on any atom is 0.308 e. The first-order chi connectivity index (χ1) is 12.8. The van der Waals surface area contributed by atoms with Gasteiger partial charge in [0.2, 0.25) is 5.91 Å². The van der Waals surface area contributed by atoms with Gasteiger partial charge >= 0.3 is 5.97 Å². The second-order valence-electron chi connectivity index (χ2n) is 7.93. The van der Waals surface area contributed by atoms with Crippen molar-refractivity contribution >= 4 is 17.8 Å². The summed E-state index contributed by atoms with van der Waals surface area (Å²) in [4.78, 5) is 40.6. The van der Waals surface area contributed by atoms with E-state index in [1.165, 1.54) is 0 Å². The van der Waals surface area contributed by atoms with E-state index in [1.807, 2.05) is 32.0 Å². The molecule has 146 valence electrons. The molecule has 2 fully saturated rings. The molecule has 6 heteroatoms. The number of aliphatic carboxylic acids is 1. The number of rotatable bonds is 3. The second-order valence-corrected chi connectivity index (χ2v) is 7.93. The molecular weight excluding hydrogens is 344 g/mol. The molecule has 0 radical (unpaired) electrons. The van der Waals surface area contributed by atoms with Crippen molar-refractivity contribution < 1.29 is 19.5 Å². The Bertz CT molecular complexity index is 725. The lowest BCUT2D eigenvalue weighted by atomic mass is 9.92. The van der Waals surface area contributed by atoms with Crippen LogP contribution in [0.25, 0.3) is 0 Å². The number of amides is 2. The Labute approximate surface area is 160 Å². The Morgan fingerprint density at radius 2 is 1.44 bits per heavy atom. The SMILES string of the molecule is Cc1cc(C)cc(C(=O)N2CCCC(C(=O)N3CCCC(C(=O)O)C3)C2)c1. The number of carboxylic acids is 1. The van der Waals surface area contributed by atoms with Gasteiger partial charge in [-0.25, -0.2) is 0 Å². The lowest BCUT2D eigenvalue weighted by molar-refractivity contribution is -0.147. The Morgan fingerprint density at radius 3 is 2.07 bits per heavy atom. The molecule has 0 saturated carbocycles. The van der Waals surface area contributed by atoms with Gasteiger partial charge in [-0.3, -0.25) is 14.4 Å². The normalized spacial score (nSPS) is 23.2. The third kappa shape index (κ3) is 4.49. The summed E-state index contributed by atoms with van der Waals surface area (Å²) in [6.45, 7) is 5.93. The largest absolute Gasteiger partial charge is 0.481 e. The minimum Gasteiger partial charge on any atom is -0.481 e. The molecule has 27 heavy (non-hydrogen) atoms. The Balaban J connectivity index is 1.67. The van der Waals surface area contributed by atoms with Gasteiger partial charge in [0.25, 0.3) is 5.91 Å². The van der Waals surface area contributed by atoms with Crippen LogP contribution in [-0.2, 0) is 9.59 Å². The minimum absolute atomic E-state index is 0.00104. The first-order valence-corrected chi connectivity index (χ1v) is 9.74. The van der Waals surface area contributed by atoms with E-state index < -0.39 is 11.9 Å². The summed E-state index contributed by atoms with van der Waals surface area (Å²) in [6.07, 6.45) is 2.90. The van der Waals surface area contributed by atoms with Crippen LogP contribution in [0.5, 0.6) is 0 Å². The number of hydrogen-bond donors (Lipinski definition) is 1. The monoisotopic (exact) mass is 372 g/mol. The third-order valence-electron chi connectivity index (χ3n) is 5.61. The average molecular weight is 372 g/mol. The number of benzene rings is 1. The maximum atomic E-state index is 12.9. The van der Waals surface area contributed by atoms with Gasteiger partial charge in [-0.2, -0.15) is 0 Å². The Hall–Kier alpha value is -2.37. The number of likely N-dealkylation sites (tertiary alicyclic amines) is 2. The topological polar surface area (TPSA) is 77.9 Å². The van der Waals surface area contributed by atoms with Gasteiger partial charge in [-0.1, -0.05) is 17.2 Å². The summed E-state index contributed by atoms with van der Waals surface area (Å²) < 4.78 is 0. The first-order valence-electron chi connectivity index (χ1n) is 9.74. The van der Waals surface area contributed by atoms with E-state index in [0.717, 1.165) is 30.4 Å². The van der Waals surface area contributed by atoms with Crippen LogP contribution in [-0.4, -0.2) is 58.9 Å². The molecule has 1 N–H and O–H groups in total. The quantitative estimate of drug-likeness (QED) is 0.884. The highest BCUT2D eigenvalue weighted by molar-refractivity contribution is 5.95. The summed E-state index contributed by atoms with van der Waals surface area (Å²) in [5.74, 6) is -1.57. The molecule has 3 rings (SSSR count). The molecule has 2 saturated heterocycles. The number of hydrogen-bond acceptors (Lipinski definition) is 3. The molecule has 2 atom stereocenters. The molecule has 6 nitrogen and oxygen atoms in total. The lowest BCUT2D eigenvalue weighted by Gasteiger charge is -2.37. The zero-order valence-electron chi connectivity index (χ0n) is 16.1. The predicted octanol–water partition coefficient (Wildman–Crippen LogP) is 2.48. The van der Waals surface area contributed by atoms with E-state index in [9.17, 15) is 19.5 Å². The van der Waals surface area contributed by atoms with Gasteiger partial charge in [0, 0.05) is 31.7 Å². The molecule has 2 amide bonds. The fraction of sp³-hybridized carbons (Fsp3) is 0.571. The van der Waals surface area contributed by atoms with Crippen molar-refractivity contribution in [1.29, 1.82) is 0 Å². The van der Waals surface area contributed by atoms with Crippen LogP contribution in [0.1, 0.15) is 47.2 Å². The number of carbonyl (C=O) groups excluding carboxylic acids is 2. The van der Waals surface area contributed by atoms with Crippen LogP contribution in [0, 0.1) is 25.7 Å². The first kappa shape index (κ1) is 19.4. The molecule has 2 heterocycles. The van der Waals surface area contributed by atoms with E-state index in [4.69, 9.17) is 0 Å². The number of nitrogens with zero attached hydrogens (tertiary/aromatic N) is 2. The van der Waals surface area contributed by atoms with Gasteiger partial charge in [0.1, 0.15) is 0 Å². The number of aryl methyl sites for hydroxylation is 2. The van der Waals surface area contributed by atoms with Crippen molar-refractivity contribution in [2.24, 2.45) is 11.8 Å². The molecular formula is C21H28N2O4. The fourth-order valence-corrected chi connectivity index (χ4v) is 4.28. The predicted molar refractivity (Wildman–Crippen MR) is 101 cm³/mol. The third-order valence-corrected chi connectivity index (χ3v) is 5.61. The summed E-state index contributed by atoms with van der Waals surface area (Å²) in [5.41, 5.74) is 2.77. The fourth-order valence-electron chi connectivity index (χ4n) is 4.28. The van der Waals surface area contributed by atoms with Crippen molar-refractivity contribution in [2.75, 3.05) is 26.2 Å². The average Bonchev–Trinajstić information content (AvgIpc) is 2.66. The molecule has 0 bridgehead atoms. The highest BCUT2D eigenvalue weighted by Gasteiger charge is 2.35. The van der Waals surface area contributed by atoms with E-state index in [1.54, 1.807) is 9.80 Å². The van der Waals surface area contributed by atoms with Gasteiger partial charge in [-0.05, 0) is 51.7 Å². The molecule has 1 aromatic carbocycles. The molecule has 2 aliphatic rings. The smallest absolute Gasteiger partial charge is 0.308 e. The summed E-state index contributed by atoms with van der Waals surface area (Å²) in [6, 6.07) is 5.82. The standard InChI is InChI=1S/C21H28N2O4/c1-14-9-15(2)11-18(10-14)20(25)22-7-3-5-16(12-22)19(24)23-8-4-6-17(13-23)21(26)27/h9-11,16-17H,3-8,12-13H2,1-2H3,(H,26,27). The molecule has 2 aliphatic heterocycles. The van der Waals surface area contributed by atoms with Gasteiger partial charge in [0.15, 0.2) is 0 Å². The van der Waals surface area contributed by atoms with E-state index in [2.05, 4.69) is 0 Å². The van der Waals surface area contributed by atoms with E-state index in [0.29, 0.717) is 31.6 Å². The van der Waals surface area contributed by atoms with Crippen LogP contribution in [0.3, 0.4) is 0 Å². The van der Waals surface area contributed by atoms with Crippen LogP contribution in [0.2, 0.25) is 0 Å². The molecule has 2 unspecified atom stereocenters. The van der Waals surface area contributed by atoms with Crippen LogP contribution in [0.15, 0.2) is 18.2 Å². The summed E-state index contributed by atoms with van der Waals surface area (Å²) >= 11 is 0. The van der Waals surface area contributed by atoms with Crippen LogP contribution in [0.4, 0.5) is 0 Å². The Kier molecular flexibility index (Phi) is 5.82. The zero-order chi connectivity index (χ0) is 19.6. The molecule has 1 aromatic rings. The molecule has 0 spiro atoms. The lowest BCUT2D eigenvalue weighted by Crippen LogP contribution is -2.50. The van der Waals surface area contributed by atoms with Gasteiger partial charge in [-0.15, -0.1) is 0 Å². The second kappa shape index (κ2) is 8.11. The van der Waals surface area contributed by atoms with Crippen molar-refractivity contribution in [2.45, 2.75) is 39.5 Å². The van der Waals surface area contributed by atoms with E-state index in [-0.39, 0.29) is 24.3 Å². The number of carboxylic acid groups (broad SMARTS) is 1. The van der Waals surface area contributed by atoms with E-state index >= 15 is 0 Å². The number of piperidine rings is 2. The summed E-state index contributed by atoms with van der Waals surface area (Å²) in [5, 5.41) is 9.24. The Morgan fingerprint density at radius 1 is 0.889 bits per heavy atom. The minimum atomic E-state index is -0.831. The molecule has 0 aliphatic carbocycles.